The molecule has 126 valence electrons. The molecular weight excluding hydrogens is 315 g/mol. The van der Waals surface area contributed by atoms with E-state index < -0.39 is 0 Å². The zero-order chi connectivity index (χ0) is 17.2. The van der Waals surface area contributed by atoms with Crippen LogP contribution in [0.4, 0.5) is 4.39 Å². The zero-order valence-electron chi connectivity index (χ0n) is 14.1. The molecule has 0 radical (unpaired) electrons. The van der Waals surface area contributed by atoms with Gasteiger partial charge < -0.3 is 4.57 Å². The Morgan fingerprint density at radius 2 is 1.84 bits per heavy atom. The van der Waals surface area contributed by atoms with Crippen LogP contribution in [0.2, 0.25) is 0 Å². The second-order valence-electron chi connectivity index (χ2n) is 6.25. The fourth-order valence-corrected chi connectivity index (χ4v) is 3.09. The number of nitrogens with zero attached hydrogens (tertiary/aromatic N) is 4. The highest BCUT2D eigenvalue weighted by Crippen LogP contribution is 2.21. The second kappa shape index (κ2) is 6.59. The molecule has 0 amide bonds. The van der Waals surface area contributed by atoms with Crippen molar-refractivity contribution in [1.82, 2.24) is 19.5 Å². The maximum absolute atomic E-state index is 14.0. The Labute approximate surface area is 145 Å². The predicted octanol–water partition coefficient (Wildman–Crippen LogP) is 2.16. The van der Waals surface area contributed by atoms with Crippen LogP contribution in [0.1, 0.15) is 24.4 Å². The summed E-state index contributed by atoms with van der Waals surface area (Å²) in [5.74, 6) is 0.660. The highest BCUT2D eigenvalue weighted by atomic mass is 19.1. The van der Waals surface area contributed by atoms with E-state index in [0.29, 0.717) is 11.3 Å². The SMILES string of the molecule is Cn1cc(-c2ccccc2F)nc1CCc1cnc2c(n1)=CCCC=2. The van der Waals surface area contributed by atoms with Crippen LogP contribution in [0.15, 0.2) is 36.7 Å². The van der Waals surface area contributed by atoms with E-state index in [4.69, 9.17) is 4.98 Å². The second-order valence-corrected chi connectivity index (χ2v) is 6.25. The number of aromatic nitrogens is 4. The summed E-state index contributed by atoms with van der Waals surface area (Å²) in [4.78, 5) is 13.8. The van der Waals surface area contributed by atoms with E-state index in [0.717, 1.165) is 47.9 Å². The molecule has 4 rings (SSSR count). The van der Waals surface area contributed by atoms with E-state index in [2.05, 4.69) is 22.1 Å². The van der Waals surface area contributed by atoms with Gasteiger partial charge in [0.1, 0.15) is 11.6 Å². The van der Waals surface area contributed by atoms with Gasteiger partial charge in [-0.2, -0.15) is 0 Å². The van der Waals surface area contributed by atoms with E-state index in [9.17, 15) is 4.39 Å². The minimum atomic E-state index is -0.250. The summed E-state index contributed by atoms with van der Waals surface area (Å²) in [5, 5.41) is 1.96. The van der Waals surface area contributed by atoms with Gasteiger partial charge in [-0.1, -0.05) is 24.3 Å². The Hall–Kier alpha value is -2.82. The van der Waals surface area contributed by atoms with Crippen molar-refractivity contribution in [3.8, 4) is 11.3 Å². The predicted molar refractivity (Wildman–Crippen MR) is 95.5 cm³/mol. The van der Waals surface area contributed by atoms with Gasteiger partial charge in [0.2, 0.25) is 0 Å². The smallest absolute Gasteiger partial charge is 0.132 e. The first-order valence-corrected chi connectivity index (χ1v) is 8.50. The maximum atomic E-state index is 14.0. The monoisotopic (exact) mass is 334 g/mol. The summed E-state index contributed by atoms with van der Waals surface area (Å²) in [6.45, 7) is 0. The molecule has 1 aliphatic rings. The summed E-state index contributed by atoms with van der Waals surface area (Å²) in [5.41, 5.74) is 2.15. The van der Waals surface area contributed by atoms with Crippen molar-refractivity contribution in [2.24, 2.45) is 7.05 Å². The number of hydrogen-bond donors (Lipinski definition) is 0. The molecule has 0 bridgehead atoms. The maximum Gasteiger partial charge on any atom is 0.132 e. The molecule has 0 N–H and O–H groups in total. The van der Waals surface area contributed by atoms with Gasteiger partial charge in [-0.25, -0.2) is 14.4 Å². The van der Waals surface area contributed by atoms with Crippen LogP contribution in [0, 0.1) is 5.82 Å². The number of halogens is 1. The lowest BCUT2D eigenvalue weighted by Gasteiger charge is -2.03. The molecule has 0 atom stereocenters. The molecule has 1 aromatic carbocycles. The van der Waals surface area contributed by atoms with Crippen LogP contribution in [0.25, 0.3) is 23.4 Å². The van der Waals surface area contributed by atoms with Crippen LogP contribution >= 0.6 is 0 Å². The average Bonchev–Trinajstić information content (AvgIpc) is 3.00. The molecule has 0 unspecified atom stereocenters. The molecule has 4 nitrogen and oxygen atoms in total. The zero-order valence-corrected chi connectivity index (χ0v) is 14.1. The van der Waals surface area contributed by atoms with Crippen molar-refractivity contribution in [2.45, 2.75) is 25.7 Å². The summed E-state index contributed by atoms with van der Waals surface area (Å²) in [7, 11) is 1.94. The van der Waals surface area contributed by atoms with Crippen LogP contribution in [-0.4, -0.2) is 19.5 Å². The minimum Gasteiger partial charge on any atom is -0.337 e. The summed E-state index contributed by atoms with van der Waals surface area (Å²) in [6, 6.07) is 6.72. The molecule has 25 heavy (non-hydrogen) atoms. The van der Waals surface area contributed by atoms with Crippen molar-refractivity contribution in [2.75, 3.05) is 0 Å². The Bertz CT molecular complexity index is 1040. The summed E-state index contributed by atoms with van der Waals surface area (Å²) in [6.07, 6.45) is 11.5. The quantitative estimate of drug-likeness (QED) is 0.734. The highest BCUT2D eigenvalue weighted by molar-refractivity contribution is 5.59. The molecule has 2 heterocycles. The largest absolute Gasteiger partial charge is 0.337 e. The standard InChI is InChI=1S/C20H19FN4/c1-25-13-19(15-6-2-3-7-16(15)21)24-20(25)11-10-14-12-22-17-8-4-5-9-18(17)23-14/h2-3,6-9,12-13H,4-5,10-11H2,1H3. The average molecular weight is 334 g/mol. The molecule has 0 fully saturated rings. The van der Waals surface area contributed by atoms with Gasteiger partial charge in [0.25, 0.3) is 0 Å². The van der Waals surface area contributed by atoms with Gasteiger partial charge >= 0.3 is 0 Å². The number of hydrogen-bond acceptors (Lipinski definition) is 3. The molecule has 1 aliphatic carbocycles. The molecule has 2 aromatic heterocycles. The number of imidazole rings is 1. The third kappa shape index (κ3) is 3.22. The van der Waals surface area contributed by atoms with Gasteiger partial charge in [0.05, 0.1) is 22.1 Å². The summed E-state index contributed by atoms with van der Waals surface area (Å²) < 4.78 is 15.9. The topological polar surface area (TPSA) is 43.6 Å². The number of rotatable bonds is 4. The third-order valence-corrected chi connectivity index (χ3v) is 4.45. The van der Waals surface area contributed by atoms with E-state index in [1.807, 2.05) is 30.1 Å². The lowest BCUT2D eigenvalue weighted by Crippen LogP contribution is -2.33. The molecule has 5 heteroatoms. The van der Waals surface area contributed by atoms with Crippen molar-refractivity contribution in [3.05, 3.63) is 64.7 Å². The van der Waals surface area contributed by atoms with Crippen LogP contribution in [0.5, 0.6) is 0 Å². The lowest BCUT2D eigenvalue weighted by molar-refractivity contribution is 0.631. The van der Waals surface area contributed by atoms with Gasteiger partial charge in [0, 0.05) is 31.4 Å². The number of benzene rings is 1. The van der Waals surface area contributed by atoms with E-state index >= 15 is 0 Å². The molecule has 0 spiro atoms. The first-order valence-electron chi connectivity index (χ1n) is 8.50. The third-order valence-electron chi connectivity index (χ3n) is 4.45. The Morgan fingerprint density at radius 1 is 1.04 bits per heavy atom. The van der Waals surface area contributed by atoms with Gasteiger partial charge in [-0.3, -0.25) is 4.98 Å². The molecule has 0 saturated carbocycles. The minimum absolute atomic E-state index is 0.250. The lowest BCUT2D eigenvalue weighted by atomic mass is 10.1. The Morgan fingerprint density at radius 3 is 2.68 bits per heavy atom. The number of aryl methyl sites for hydroxylation is 3. The number of fused-ring (bicyclic) bond motifs is 1. The van der Waals surface area contributed by atoms with E-state index in [1.165, 1.54) is 6.07 Å². The van der Waals surface area contributed by atoms with Crippen LogP contribution < -0.4 is 10.7 Å². The first kappa shape index (κ1) is 15.7. The van der Waals surface area contributed by atoms with Crippen molar-refractivity contribution in [3.63, 3.8) is 0 Å². The van der Waals surface area contributed by atoms with Gasteiger partial charge in [-0.05, 0) is 31.4 Å². The van der Waals surface area contributed by atoms with Gasteiger partial charge in [0.15, 0.2) is 0 Å². The van der Waals surface area contributed by atoms with Crippen molar-refractivity contribution < 1.29 is 4.39 Å². The highest BCUT2D eigenvalue weighted by Gasteiger charge is 2.11. The fraction of sp³-hybridized carbons (Fsp3) is 0.250. The van der Waals surface area contributed by atoms with Crippen LogP contribution in [-0.2, 0) is 19.9 Å². The van der Waals surface area contributed by atoms with Crippen molar-refractivity contribution in [1.29, 1.82) is 0 Å². The Kier molecular flexibility index (Phi) is 4.14. The first-order chi connectivity index (χ1) is 12.2. The van der Waals surface area contributed by atoms with E-state index in [-0.39, 0.29) is 5.82 Å². The molecule has 3 aromatic rings. The molecular formula is C20H19FN4. The molecule has 0 saturated heterocycles. The fourth-order valence-electron chi connectivity index (χ4n) is 3.09. The van der Waals surface area contributed by atoms with E-state index in [1.54, 1.807) is 12.1 Å². The normalized spacial score (nSPS) is 13.0. The Balaban J connectivity index is 1.55. The van der Waals surface area contributed by atoms with Crippen molar-refractivity contribution >= 4 is 12.2 Å². The summed E-state index contributed by atoms with van der Waals surface area (Å²) >= 11 is 0. The van der Waals surface area contributed by atoms with Crippen LogP contribution in [0.3, 0.4) is 0 Å². The molecule has 0 aliphatic heterocycles. The van der Waals surface area contributed by atoms with Gasteiger partial charge in [-0.15, -0.1) is 0 Å².